The average Bonchev–Trinajstić information content (AvgIpc) is 3.61. The van der Waals surface area contributed by atoms with E-state index in [-0.39, 0.29) is 47.1 Å². The Morgan fingerprint density at radius 2 is 1.21 bits per heavy atom. The molecule has 0 spiro atoms. The first-order valence-corrected chi connectivity index (χ1v) is 15.2. The van der Waals surface area contributed by atoms with E-state index in [9.17, 15) is 0 Å². The molecule has 0 N–H and O–H groups in total. The molecule has 6 heteroatoms. The van der Waals surface area contributed by atoms with Crippen LogP contribution in [0, 0.1) is 21.7 Å². The van der Waals surface area contributed by atoms with Gasteiger partial charge in [0, 0.05) is 18.7 Å². The molecule has 0 amide bonds. The molecule has 0 unspecified atom stereocenters. The van der Waals surface area contributed by atoms with Gasteiger partial charge in [0.25, 0.3) is 0 Å². The van der Waals surface area contributed by atoms with E-state index in [1.807, 2.05) is 0 Å². The molecule has 2 aromatic heterocycles. The minimum Gasteiger partial charge on any atom is -0.660 e. The average molecular weight is 630 g/mol. The molecule has 0 radical (unpaired) electrons. The predicted molar refractivity (Wildman–Crippen MR) is 176 cm³/mol. The molecule has 3 aliphatic heterocycles. The van der Waals surface area contributed by atoms with Gasteiger partial charge in [-0.05, 0) is 57.1 Å². The monoisotopic (exact) mass is 628 g/mol. The van der Waals surface area contributed by atoms with Gasteiger partial charge in [-0.2, -0.15) is 0 Å². The maximum atomic E-state index is 6.52. The summed E-state index contributed by atoms with van der Waals surface area (Å²) < 4.78 is 6.52. The summed E-state index contributed by atoms with van der Waals surface area (Å²) in [5.41, 5.74) is 8.13. The van der Waals surface area contributed by atoms with Crippen LogP contribution in [0.1, 0.15) is 112 Å². The number of methoxy groups -OCH3 is 1. The molecule has 43 heavy (non-hydrogen) atoms. The molecule has 2 atom stereocenters. The zero-order valence-corrected chi connectivity index (χ0v) is 31.6. The Morgan fingerprint density at radius 3 is 1.74 bits per heavy atom. The van der Waals surface area contributed by atoms with Crippen LogP contribution in [0.4, 0.5) is 0 Å². The third-order valence-electron chi connectivity index (χ3n) is 8.67. The summed E-state index contributed by atoms with van der Waals surface area (Å²) in [4.78, 5) is 21.3. The van der Waals surface area contributed by atoms with Crippen LogP contribution < -0.4 is 9.97 Å². The topological polar surface area (TPSA) is 62.1 Å². The third-order valence-corrected chi connectivity index (χ3v) is 8.67. The minimum atomic E-state index is -0.862. The first-order valence-electron chi connectivity index (χ1n) is 15.2. The van der Waals surface area contributed by atoms with Crippen molar-refractivity contribution in [2.24, 2.45) is 31.6 Å². The molecule has 5 rings (SSSR count). The quantitative estimate of drug-likeness (QED) is 0.296. The van der Waals surface area contributed by atoms with E-state index in [4.69, 9.17) is 24.7 Å². The maximum absolute atomic E-state index is 6.52. The summed E-state index contributed by atoms with van der Waals surface area (Å²) >= 11 is 0. The van der Waals surface area contributed by atoms with E-state index >= 15 is 0 Å². The number of hydrogen-bond acceptors (Lipinski definition) is 3. The summed E-state index contributed by atoms with van der Waals surface area (Å²) in [6.07, 6.45) is 8.59. The molecule has 0 saturated carbocycles. The van der Waals surface area contributed by atoms with Gasteiger partial charge in [-0.25, -0.2) is 4.99 Å². The van der Waals surface area contributed by atoms with Crippen molar-refractivity contribution in [3.8, 4) is 0 Å². The number of rotatable bonds is 1. The van der Waals surface area contributed by atoms with Crippen LogP contribution in [-0.2, 0) is 29.8 Å². The van der Waals surface area contributed by atoms with Crippen molar-refractivity contribution < 1.29 is 24.2 Å². The zero-order chi connectivity index (χ0) is 31.0. The second-order valence-corrected chi connectivity index (χ2v) is 16.1. The Labute approximate surface area is 272 Å². The predicted octanol–water partition coefficient (Wildman–Crippen LogP) is 8.87. The fourth-order valence-electron chi connectivity index (χ4n) is 7.00. The van der Waals surface area contributed by atoms with Crippen molar-refractivity contribution >= 4 is 22.6 Å². The molecule has 3 aliphatic rings. The number of fused-ring (bicyclic) bond motifs is 6. The largest absolute Gasteiger partial charge is 2.00 e. The molecular formula is C37H48N4OZn. The number of hydrogen-bond donors (Lipinski definition) is 0. The molecule has 2 aromatic rings. The Hall–Kier alpha value is -2.56. The van der Waals surface area contributed by atoms with E-state index in [1.54, 1.807) is 7.11 Å². The van der Waals surface area contributed by atoms with Crippen LogP contribution in [0.5, 0.6) is 0 Å². The Kier molecular flexibility index (Phi) is 8.38. The van der Waals surface area contributed by atoms with Gasteiger partial charge in [0.05, 0.1) is 17.1 Å². The molecule has 5 heterocycles. The van der Waals surface area contributed by atoms with Gasteiger partial charge in [-0.15, -0.1) is 22.8 Å². The molecule has 224 valence electrons. The van der Waals surface area contributed by atoms with Gasteiger partial charge in [0.2, 0.25) is 0 Å². The van der Waals surface area contributed by atoms with Crippen molar-refractivity contribution in [1.82, 2.24) is 9.97 Å². The first kappa shape index (κ1) is 33.3. The molecule has 0 fully saturated rings. The SMILES string of the molecule is CO[C@]1(C(C)(C)C)C2=N/C(=C(/C(C)(C)C)c3ccc([n-]3)[C@@H](C(C)(C)C)C3=N/C(=C(/C(C)(C)C)c4ccc1[n-]4)C=C3)C=C2.[Zn+2]. The van der Waals surface area contributed by atoms with Crippen LogP contribution in [0.3, 0.4) is 0 Å². The maximum Gasteiger partial charge on any atom is 2.00 e. The number of ether oxygens (including phenoxy) is 1. The fourth-order valence-corrected chi connectivity index (χ4v) is 7.00. The molecule has 8 bridgehead atoms. The molecule has 0 aromatic carbocycles. The van der Waals surface area contributed by atoms with Gasteiger partial charge >= 0.3 is 19.5 Å². The molecular weight excluding hydrogens is 582 g/mol. The van der Waals surface area contributed by atoms with Crippen molar-refractivity contribution in [2.45, 2.75) is 94.6 Å². The summed E-state index contributed by atoms with van der Waals surface area (Å²) in [5, 5.41) is 0. The molecule has 5 nitrogen and oxygen atoms in total. The summed E-state index contributed by atoms with van der Waals surface area (Å²) in [5.74, 6) is 0.0312. The number of aromatic nitrogens is 2. The Morgan fingerprint density at radius 1 is 0.674 bits per heavy atom. The van der Waals surface area contributed by atoms with E-state index in [1.165, 1.54) is 0 Å². The number of allylic oxidation sites excluding steroid dienone is 5. The third kappa shape index (κ3) is 5.59. The first-order chi connectivity index (χ1) is 19.3. The molecule has 0 saturated heterocycles. The summed E-state index contributed by atoms with van der Waals surface area (Å²) in [7, 11) is 1.78. The Bertz CT molecular complexity index is 1590. The fraction of sp³-hybridized carbons (Fsp3) is 0.514. The van der Waals surface area contributed by atoms with Gasteiger partial charge in [-0.3, -0.25) is 4.99 Å². The van der Waals surface area contributed by atoms with E-state index in [0.717, 1.165) is 56.7 Å². The van der Waals surface area contributed by atoms with Crippen LogP contribution in [0.15, 0.2) is 69.9 Å². The second kappa shape index (κ2) is 10.8. The minimum absolute atomic E-state index is 0. The van der Waals surface area contributed by atoms with Crippen molar-refractivity contribution in [3.05, 3.63) is 82.7 Å². The smallest absolute Gasteiger partial charge is 0.660 e. The zero-order valence-electron chi connectivity index (χ0n) is 28.6. The van der Waals surface area contributed by atoms with E-state index in [2.05, 4.69) is 132 Å². The Balaban J connectivity index is 0.00000423. The standard InChI is InChI=1S/C37H48N4O.Zn/c1-33(2,3)30-22-14-16-24(38-22)31(34(4,5)6)26-18-20-28(40-26)37(42-13,36(10,11)12)29-21-19-27(41-29)32(35(7,8)9)25-17-15-23(30)39-25;/h14-21,30H,1-13H3;/q-2;+2/b31-24+,32-27+;/t30-,37-;/m0./s1. The van der Waals surface area contributed by atoms with Crippen molar-refractivity contribution in [3.63, 3.8) is 0 Å². The van der Waals surface area contributed by atoms with Gasteiger partial charge in [-0.1, -0.05) is 107 Å². The van der Waals surface area contributed by atoms with Crippen LogP contribution in [-0.4, -0.2) is 18.5 Å². The van der Waals surface area contributed by atoms with Gasteiger partial charge in [0.1, 0.15) is 5.60 Å². The van der Waals surface area contributed by atoms with E-state index in [0.29, 0.717) is 0 Å². The van der Waals surface area contributed by atoms with Crippen molar-refractivity contribution in [1.29, 1.82) is 0 Å². The van der Waals surface area contributed by atoms with Crippen LogP contribution >= 0.6 is 0 Å². The van der Waals surface area contributed by atoms with Gasteiger partial charge in [0.15, 0.2) is 0 Å². The normalized spacial score (nSPS) is 26.0. The number of aliphatic imine (C=N–C) groups is 2. The van der Waals surface area contributed by atoms with Gasteiger partial charge < -0.3 is 14.7 Å². The summed E-state index contributed by atoms with van der Waals surface area (Å²) in [6, 6.07) is 8.59. The van der Waals surface area contributed by atoms with Crippen LogP contribution in [0.2, 0.25) is 0 Å². The summed E-state index contributed by atoms with van der Waals surface area (Å²) in [6.45, 7) is 26.8. The van der Waals surface area contributed by atoms with Crippen molar-refractivity contribution in [2.75, 3.05) is 7.11 Å². The van der Waals surface area contributed by atoms with Crippen LogP contribution in [0.25, 0.3) is 11.1 Å². The van der Waals surface area contributed by atoms with E-state index < -0.39 is 5.60 Å². The molecule has 0 aliphatic carbocycles. The number of nitrogens with zero attached hydrogens (tertiary/aromatic N) is 4. The second-order valence-electron chi connectivity index (χ2n) is 16.1.